The van der Waals surface area contributed by atoms with E-state index < -0.39 is 10.8 Å². The fraction of sp³-hybridized carbons (Fsp3) is 0.333. The van der Waals surface area contributed by atoms with Gasteiger partial charge in [0.1, 0.15) is 17.4 Å². The molecule has 0 radical (unpaired) electrons. The molecule has 0 bridgehead atoms. The summed E-state index contributed by atoms with van der Waals surface area (Å²) in [6.45, 7) is 1.86. The number of aryl methyl sites for hydroxylation is 1. The summed E-state index contributed by atoms with van der Waals surface area (Å²) < 4.78 is 20.4. The average molecular weight is 344 g/mol. The highest BCUT2D eigenvalue weighted by molar-refractivity contribution is 9.10. The Morgan fingerprint density at radius 1 is 1.42 bits per heavy atom. The van der Waals surface area contributed by atoms with Gasteiger partial charge in [0, 0.05) is 11.5 Å². The van der Waals surface area contributed by atoms with Crippen LogP contribution in [-0.2, 0) is 23.6 Å². The highest BCUT2D eigenvalue weighted by Gasteiger charge is 2.15. The number of rotatable bonds is 4. The van der Waals surface area contributed by atoms with E-state index in [1.807, 2.05) is 24.6 Å². The predicted molar refractivity (Wildman–Crippen MR) is 76.5 cm³/mol. The summed E-state index contributed by atoms with van der Waals surface area (Å²) >= 11 is 3.37. The average Bonchev–Trinajstić information content (AvgIpc) is 2.70. The Kier molecular flexibility index (Phi) is 4.36. The van der Waals surface area contributed by atoms with Crippen LogP contribution in [0, 0.1) is 6.92 Å². The highest BCUT2D eigenvalue weighted by atomic mass is 79.9. The van der Waals surface area contributed by atoms with Gasteiger partial charge >= 0.3 is 0 Å². The van der Waals surface area contributed by atoms with Gasteiger partial charge in [-0.2, -0.15) is 0 Å². The minimum absolute atomic E-state index is 0.310. The van der Waals surface area contributed by atoms with Crippen molar-refractivity contribution in [3.63, 3.8) is 0 Å². The number of hydrogen-bond donors (Lipinski definition) is 0. The third kappa shape index (κ3) is 3.03. The molecular weight excluding hydrogens is 330 g/mol. The molecule has 0 fully saturated rings. The lowest BCUT2D eigenvalue weighted by atomic mass is 10.3. The molecule has 5 nitrogen and oxygen atoms in total. The van der Waals surface area contributed by atoms with Crippen molar-refractivity contribution in [2.75, 3.05) is 7.11 Å². The van der Waals surface area contributed by atoms with E-state index in [1.165, 1.54) is 0 Å². The maximum atomic E-state index is 12.4. The van der Waals surface area contributed by atoms with Crippen LogP contribution in [0.15, 0.2) is 27.6 Å². The van der Waals surface area contributed by atoms with Crippen LogP contribution >= 0.6 is 15.9 Å². The van der Waals surface area contributed by atoms with E-state index in [1.54, 1.807) is 19.2 Å². The quantitative estimate of drug-likeness (QED) is 0.853. The van der Waals surface area contributed by atoms with E-state index in [0.717, 1.165) is 10.3 Å². The van der Waals surface area contributed by atoms with Crippen molar-refractivity contribution in [2.24, 2.45) is 7.05 Å². The van der Waals surface area contributed by atoms with Crippen molar-refractivity contribution in [3.8, 4) is 5.75 Å². The molecule has 7 heteroatoms. The molecule has 0 aliphatic carbocycles. The molecule has 2 rings (SSSR count). The zero-order chi connectivity index (χ0) is 14.0. The number of aromatic nitrogens is 3. The number of nitrogens with zero attached hydrogens (tertiary/aromatic N) is 3. The van der Waals surface area contributed by atoms with Crippen molar-refractivity contribution in [2.45, 2.75) is 17.6 Å². The van der Waals surface area contributed by atoms with Gasteiger partial charge in [0.15, 0.2) is 0 Å². The topological polar surface area (TPSA) is 57.0 Å². The molecule has 102 valence electrons. The molecule has 0 N–H and O–H groups in total. The van der Waals surface area contributed by atoms with E-state index in [9.17, 15) is 4.21 Å². The summed E-state index contributed by atoms with van der Waals surface area (Å²) in [5.41, 5.74) is 0. The smallest absolute Gasteiger partial charge is 0.145 e. The number of halogens is 1. The number of benzene rings is 1. The lowest BCUT2D eigenvalue weighted by molar-refractivity contribution is 0.404. The monoisotopic (exact) mass is 343 g/mol. The molecule has 0 saturated heterocycles. The lowest BCUT2D eigenvalue weighted by Gasteiger charge is -2.08. The van der Waals surface area contributed by atoms with Gasteiger partial charge in [-0.05, 0) is 25.1 Å². The summed E-state index contributed by atoms with van der Waals surface area (Å²) in [5.74, 6) is 2.41. The summed E-state index contributed by atoms with van der Waals surface area (Å²) in [4.78, 5) is 0.650. The fourth-order valence-electron chi connectivity index (χ4n) is 1.60. The van der Waals surface area contributed by atoms with E-state index in [4.69, 9.17) is 4.74 Å². The van der Waals surface area contributed by atoms with E-state index in [-0.39, 0.29) is 0 Å². The van der Waals surface area contributed by atoms with E-state index >= 15 is 0 Å². The zero-order valence-electron chi connectivity index (χ0n) is 10.9. The molecule has 1 atom stereocenters. The van der Waals surface area contributed by atoms with Crippen molar-refractivity contribution in [3.05, 3.63) is 34.3 Å². The third-order valence-corrected chi connectivity index (χ3v) is 4.64. The van der Waals surface area contributed by atoms with Crippen molar-refractivity contribution in [1.29, 1.82) is 0 Å². The molecule has 0 amide bonds. The Morgan fingerprint density at radius 2 is 2.16 bits per heavy atom. The summed E-state index contributed by atoms with van der Waals surface area (Å²) in [5, 5.41) is 7.99. The van der Waals surface area contributed by atoms with Crippen molar-refractivity contribution in [1.82, 2.24) is 14.8 Å². The molecule has 19 heavy (non-hydrogen) atoms. The summed E-state index contributed by atoms with van der Waals surface area (Å²) in [7, 11) is 2.20. The minimum Gasteiger partial charge on any atom is -0.495 e. The molecule has 2 aromatic rings. The number of hydrogen-bond acceptors (Lipinski definition) is 4. The van der Waals surface area contributed by atoms with Gasteiger partial charge in [0.2, 0.25) is 0 Å². The van der Waals surface area contributed by atoms with Gasteiger partial charge in [-0.1, -0.05) is 15.9 Å². The van der Waals surface area contributed by atoms with E-state index in [2.05, 4.69) is 26.1 Å². The number of ether oxygens (including phenoxy) is 1. The van der Waals surface area contributed by atoms with Crippen LogP contribution in [0.4, 0.5) is 0 Å². The second kappa shape index (κ2) is 5.83. The van der Waals surface area contributed by atoms with Crippen LogP contribution in [0.5, 0.6) is 5.75 Å². The molecular formula is C12H14BrN3O2S. The SMILES string of the molecule is COc1ccc(Br)cc1[S@@](=O)Cc1nnc(C)n1C. The summed E-state index contributed by atoms with van der Waals surface area (Å²) in [6, 6.07) is 5.45. The molecule has 0 unspecified atom stereocenters. The molecule has 0 aliphatic heterocycles. The summed E-state index contributed by atoms with van der Waals surface area (Å²) in [6.07, 6.45) is 0. The Bertz CT molecular complexity index is 627. The number of methoxy groups -OCH3 is 1. The van der Waals surface area contributed by atoms with Crippen LogP contribution in [-0.4, -0.2) is 26.1 Å². The molecule has 1 aromatic carbocycles. The second-order valence-corrected chi connectivity index (χ2v) is 6.34. The Labute approximate surface area is 122 Å². The predicted octanol–water partition coefficient (Wildman–Crippen LogP) is 2.20. The standard InChI is InChI=1S/C12H14BrN3O2S/c1-8-14-15-12(16(8)2)7-19(17)11-6-9(13)4-5-10(11)18-3/h4-6H,7H2,1-3H3/t19-/m0/s1. The zero-order valence-corrected chi connectivity index (χ0v) is 13.3. The minimum atomic E-state index is -1.23. The molecule has 0 saturated carbocycles. The van der Waals surface area contributed by atoms with Gasteiger partial charge in [0.05, 0.1) is 28.6 Å². The normalized spacial score (nSPS) is 12.4. The van der Waals surface area contributed by atoms with Gasteiger partial charge in [-0.3, -0.25) is 4.21 Å². The first-order valence-electron chi connectivity index (χ1n) is 5.59. The fourth-order valence-corrected chi connectivity index (χ4v) is 3.39. The van der Waals surface area contributed by atoms with Gasteiger partial charge < -0.3 is 9.30 Å². The lowest BCUT2D eigenvalue weighted by Crippen LogP contribution is -2.05. The van der Waals surface area contributed by atoms with E-state index in [0.29, 0.717) is 22.2 Å². The van der Waals surface area contributed by atoms with Gasteiger partial charge in [-0.25, -0.2) is 0 Å². The Balaban J connectivity index is 2.30. The Morgan fingerprint density at radius 3 is 2.74 bits per heavy atom. The maximum absolute atomic E-state index is 12.4. The van der Waals surface area contributed by atoms with Crippen molar-refractivity contribution < 1.29 is 8.95 Å². The molecule has 1 heterocycles. The molecule has 0 aliphatic rings. The maximum Gasteiger partial charge on any atom is 0.145 e. The van der Waals surface area contributed by atoms with Gasteiger partial charge in [-0.15, -0.1) is 10.2 Å². The van der Waals surface area contributed by atoms with Crippen LogP contribution in [0.2, 0.25) is 0 Å². The van der Waals surface area contributed by atoms with Crippen LogP contribution in [0.3, 0.4) is 0 Å². The highest BCUT2D eigenvalue weighted by Crippen LogP contribution is 2.27. The van der Waals surface area contributed by atoms with Crippen molar-refractivity contribution >= 4 is 26.7 Å². The first kappa shape index (κ1) is 14.2. The Hall–Kier alpha value is -1.21. The van der Waals surface area contributed by atoms with Crippen LogP contribution in [0.1, 0.15) is 11.6 Å². The van der Waals surface area contributed by atoms with Crippen LogP contribution < -0.4 is 4.74 Å². The molecule has 0 spiro atoms. The molecule has 1 aromatic heterocycles. The first-order chi connectivity index (χ1) is 9.02. The largest absolute Gasteiger partial charge is 0.495 e. The first-order valence-corrected chi connectivity index (χ1v) is 7.71. The third-order valence-electron chi connectivity index (χ3n) is 2.81. The van der Waals surface area contributed by atoms with Crippen LogP contribution in [0.25, 0.3) is 0 Å². The van der Waals surface area contributed by atoms with Gasteiger partial charge in [0.25, 0.3) is 0 Å². The second-order valence-electron chi connectivity index (χ2n) is 4.01.